The Kier molecular flexibility index (Phi) is 8.42. The number of rotatable bonds is 9. The van der Waals surface area contributed by atoms with E-state index in [9.17, 15) is 9.59 Å². The lowest BCUT2D eigenvalue weighted by atomic mass is 9.90. The van der Waals surface area contributed by atoms with Crippen LogP contribution >= 0.6 is 0 Å². The van der Waals surface area contributed by atoms with Crippen LogP contribution in [0.15, 0.2) is 66.7 Å². The molecule has 0 atom stereocenters. The summed E-state index contributed by atoms with van der Waals surface area (Å²) in [7, 11) is 0. The average molecular weight is 445 g/mol. The van der Waals surface area contributed by atoms with Crippen molar-refractivity contribution in [1.29, 1.82) is 0 Å². The molecule has 3 rings (SSSR count). The van der Waals surface area contributed by atoms with Gasteiger partial charge in [0.2, 0.25) is 0 Å². The average Bonchev–Trinajstić information content (AvgIpc) is 2.84. The summed E-state index contributed by atoms with van der Waals surface area (Å²) in [4.78, 5) is 26.0. The third kappa shape index (κ3) is 5.89. The normalized spacial score (nSPS) is 10.8. The zero-order valence-corrected chi connectivity index (χ0v) is 19.9. The Morgan fingerprint density at radius 3 is 1.76 bits per heavy atom. The number of hydrogen-bond acceptors (Lipinski definition) is 4. The first-order valence-corrected chi connectivity index (χ1v) is 11.7. The van der Waals surface area contributed by atoms with Gasteiger partial charge in [-0.3, -0.25) is 0 Å². The molecule has 0 aliphatic rings. The second-order valence-electron chi connectivity index (χ2n) is 8.38. The number of benzene rings is 3. The van der Waals surface area contributed by atoms with Crippen LogP contribution in [-0.2, 0) is 12.8 Å². The van der Waals surface area contributed by atoms with Crippen LogP contribution in [0.25, 0.3) is 0 Å². The molecule has 4 nitrogen and oxygen atoms in total. The molecule has 3 aromatic carbocycles. The first-order valence-electron chi connectivity index (χ1n) is 11.7. The van der Waals surface area contributed by atoms with Crippen LogP contribution in [0.3, 0.4) is 0 Å². The van der Waals surface area contributed by atoms with Gasteiger partial charge in [0, 0.05) is 5.56 Å². The van der Waals surface area contributed by atoms with Gasteiger partial charge < -0.3 is 9.47 Å². The number of unbranched alkanes of at least 4 members (excludes halogenated alkanes) is 1. The van der Waals surface area contributed by atoms with Gasteiger partial charge in [-0.2, -0.15) is 0 Å². The fraction of sp³-hybridized carbons (Fsp3) is 0.310. The summed E-state index contributed by atoms with van der Waals surface area (Å²) in [6.07, 6.45) is 3.31. The number of carbonyl (C=O) groups excluding carboxylic acids is 2. The smallest absolute Gasteiger partial charge is 0.343 e. The van der Waals surface area contributed by atoms with E-state index < -0.39 is 11.9 Å². The molecule has 33 heavy (non-hydrogen) atoms. The molecule has 0 heterocycles. The molecule has 4 heteroatoms. The van der Waals surface area contributed by atoms with Crippen LogP contribution in [0.4, 0.5) is 0 Å². The molecule has 0 N–H and O–H groups in total. The molecule has 0 aliphatic carbocycles. The summed E-state index contributed by atoms with van der Waals surface area (Å²) in [5.74, 6) is 0.000320. The quantitative estimate of drug-likeness (QED) is 0.260. The van der Waals surface area contributed by atoms with Crippen molar-refractivity contribution >= 4 is 11.9 Å². The Hall–Kier alpha value is -3.40. The summed E-state index contributed by atoms with van der Waals surface area (Å²) in [5.41, 5.74) is 3.80. The highest BCUT2D eigenvalue weighted by Gasteiger charge is 2.26. The Morgan fingerprint density at radius 1 is 0.788 bits per heavy atom. The molecule has 0 bridgehead atoms. The minimum atomic E-state index is -0.471. The van der Waals surface area contributed by atoms with Gasteiger partial charge in [0.1, 0.15) is 0 Å². The van der Waals surface area contributed by atoms with Gasteiger partial charge in [-0.25, -0.2) is 9.59 Å². The molecular formula is C29H32O4. The molecule has 0 aliphatic heterocycles. The number of aryl methyl sites for hydroxylation is 1. The van der Waals surface area contributed by atoms with Gasteiger partial charge in [0.05, 0.1) is 11.1 Å². The summed E-state index contributed by atoms with van der Waals surface area (Å²) in [5, 5.41) is 0. The van der Waals surface area contributed by atoms with E-state index in [0.717, 1.165) is 36.0 Å². The predicted molar refractivity (Wildman–Crippen MR) is 131 cm³/mol. The van der Waals surface area contributed by atoms with Crippen molar-refractivity contribution in [3.8, 4) is 11.5 Å². The van der Waals surface area contributed by atoms with E-state index in [0.29, 0.717) is 29.0 Å². The molecule has 0 aromatic heterocycles. The van der Waals surface area contributed by atoms with Crippen molar-refractivity contribution < 1.29 is 19.1 Å². The Morgan fingerprint density at radius 2 is 1.30 bits per heavy atom. The fourth-order valence-corrected chi connectivity index (χ4v) is 3.82. The lowest BCUT2D eigenvalue weighted by molar-refractivity contribution is 0.0679. The van der Waals surface area contributed by atoms with Gasteiger partial charge in [0.15, 0.2) is 11.5 Å². The molecule has 0 saturated heterocycles. The minimum absolute atomic E-state index is 0.232. The second kappa shape index (κ2) is 11.5. The molecule has 0 saturated carbocycles. The number of hydrogen-bond donors (Lipinski definition) is 0. The molecule has 172 valence electrons. The van der Waals surface area contributed by atoms with Crippen LogP contribution in [0, 0.1) is 0 Å². The monoisotopic (exact) mass is 444 g/mol. The maximum Gasteiger partial charge on any atom is 0.343 e. The minimum Gasteiger partial charge on any atom is -0.419 e. The first-order chi connectivity index (χ1) is 16.0. The van der Waals surface area contributed by atoms with Crippen LogP contribution in [0.1, 0.15) is 83.9 Å². The Labute approximate surface area is 196 Å². The maximum atomic E-state index is 13.1. The second-order valence-corrected chi connectivity index (χ2v) is 8.38. The summed E-state index contributed by atoms with van der Waals surface area (Å²) >= 11 is 0. The summed E-state index contributed by atoms with van der Waals surface area (Å²) in [6.45, 7) is 8.39. The third-order valence-electron chi connectivity index (χ3n) is 5.64. The van der Waals surface area contributed by atoms with Crippen molar-refractivity contribution in [3.63, 3.8) is 0 Å². The van der Waals surface area contributed by atoms with Crippen molar-refractivity contribution in [3.05, 3.63) is 94.5 Å². The highest BCUT2D eigenvalue weighted by atomic mass is 16.6. The van der Waals surface area contributed by atoms with E-state index >= 15 is 0 Å². The topological polar surface area (TPSA) is 52.6 Å². The number of carbonyl (C=O) groups is 2. The van der Waals surface area contributed by atoms with Crippen molar-refractivity contribution in [2.24, 2.45) is 0 Å². The number of esters is 2. The Bertz CT molecular complexity index is 1090. The van der Waals surface area contributed by atoms with Crippen LogP contribution in [0.2, 0.25) is 0 Å². The lowest BCUT2D eigenvalue weighted by Gasteiger charge is -2.23. The predicted octanol–water partition coefficient (Wildman–Crippen LogP) is 7.15. The molecule has 0 spiro atoms. The molecule has 0 fully saturated rings. The summed E-state index contributed by atoms with van der Waals surface area (Å²) in [6, 6.07) is 19.8. The van der Waals surface area contributed by atoms with Gasteiger partial charge >= 0.3 is 11.9 Å². The molecule has 0 radical (unpaired) electrons. The zero-order chi connectivity index (χ0) is 23.8. The molecule has 3 aromatic rings. The lowest BCUT2D eigenvalue weighted by Crippen LogP contribution is -2.16. The van der Waals surface area contributed by atoms with E-state index in [1.165, 1.54) is 0 Å². The largest absolute Gasteiger partial charge is 0.419 e. The van der Waals surface area contributed by atoms with E-state index in [1.54, 1.807) is 48.5 Å². The maximum absolute atomic E-state index is 13.1. The van der Waals surface area contributed by atoms with Crippen LogP contribution in [-0.4, -0.2) is 11.9 Å². The zero-order valence-electron chi connectivity index (χ0n) is 19.9. The number of ether oxygens (including phenoxy) is 2. The van der Waals surface area contributed by atoms with Gasteiger partial charge in [-0.1, -0.05) is 76.6 Å². The molecule has 0 amide bonds. The van der Waals surface area contributed by atoms with E-state index in [4.69, 9.17) is 9.47 Å². The fourth-order valence-electron chi connectivity index (χ4n) is 3.82. The van der Waals surface area contributed by atoms with Crippen LogP contribution < -0.4 is 9.47 Å². The van der Waals surface area contributed by atoms with Crippen molar-refractivity contribution in [2.45, 2.75) is 59.3 Å². The van der Waals surface area contributed by atoms with E-state index in [-0.39, 0.29) is 5.92 Å². The van der Waals surface area contributed by atoms with E-state index in [1.807, 2.05) is 19.1 Å². The van der Waals surface area contributed by atoms with Gasteiger partial charge in [0.25, 0.3) is 0 Å². The van der Waals surface area contributed by atoms with Crippen molar-refractivity contribution in [2.75, 3.05) is 0 Å². The van der Waals surface area contributed by atoms with Gasteiger partial charge in [-0.05, 0) is 60.6 Å². The summed E-state index contributed by atoms with van der Waals surface area (Å²) < 4.78 is 11.9. The van der Waals surface area contributed by atoms with Gasteiger partial charge in [-0.15, -0.1) is 0 Å². The molecular weight excluding hydrogens is 412 g/mol. The van der Waals surface area contributed by atoms with E-state index in [2.05, 4.69) is 26.8 Å². The standard InChI is InChI=1S/C29H32O4/c1-5-7-18-24-25(20(3)4)19-21(6-2)26(32-28(30)22-14-10-8-11-15-22)27(24)33-29(31)23-16-12-9-13-17-23/h8-17,19-20H,5-7,18H2,1-4H3. The first kappa shape index (κ1) is 24.2. The Balaban J connectivity index is 2.15. The SMILES string of the molecule is CCCCc1c(C(C)C)cc(CC)c(OC(=O)c2ccccc2)c1OC(=O)c1ccccc1. The molecule has 0 unspecified atom stereocenters. The van der Waals surface area contributed by atoms with Crippen LogP contribution in [0.5, 0.6) is 11.5 Å². The highest BCUT2D eigenvalue weighted by Crippen LogP contribution is 2.42. The third-order valence-corrected chi connectivity index (χ3v) is 5.64. The highest BCUT2D eigenvalue weighted by molar-refractivity contribution is 5.93. The van der Waals surface area contributed by atoms with Crippen molar-refractivity contribution in [1.82, 2.24) is 0 Å².